The Kier molecular flexibility index (Phi) is 7.25. The number of fused-ring (bicyclic) bond motifs is 1. The van der Waals surface area contributed by atoms with E-state index in [0.29, 0.717) is 45.9 Å². The Morgan fingerprint density at radius 1 is 1.32 bits per heavy atom. The van der Waals surface area contributed by atoms with Gasteiger partial charge < -0.3 is 14.8 Å². The first-order valence-electron chi connectivity index (χ1n) is 9.60. The van der Waals surface area contributed by atoms with Crippen LogP contribution in [-0.2, 0) is 11.3 Å². The van der Waals surface area contributed by atoms with E-state index in [0.717, 1.165) is 18.4 Å². The van der Waals surface area contributed by atoms with Crippen molar-refractivity contribution in [3.05, 3.63) is 33.9 Å². The summed E-state index contributed by atoms with van der Waals surface area (Å²) < 4.78 is 12.3. The van der Waals surface area contributed by atoms with Crippen LogP contribution in [0.4, 0.5) is 16.6 Å². The Hall–Kier alpha value is -3.39. The average molecular weight is 488 g/mol. The Morgan fingerprint density at radius 3 is 2.81 bits per heavy atom. The minimum atomic E-state index is -0.662. The summed E-state index contributed by atoms with van der Waals surface area (Å²) in [4.78, 5) is 20.5. The van der Waals surface area contributed by atoms with Crippen LogP contribution in [0, 0.1) is 11.3 Å². The first-order chi connectivity index (χ1) is 15.0. The SMILES string of the molecule is CCCCNc1nc(NC(=O)OC)nc2c(Br)nn(Cc3ccc(C#N)cc3OC)c12. The fraction of sp³-hybridized carbons (Fsp3) is 0.350. The molecule has 10 nitrogen and oxygen atoms in total. The van der Waals surface area contributed by atoms with Crippen molar-refractivity contribution < 1.29 is 14.3 Å². The van der Waals surface area contributed by atoms with E-state index in [2.05, 4.69) is 59.4 Å². The van der Waals surface area contributed by atoms with Gasteiger partial charge in [-0.15, -0.1) is 0 Å². The molecule has 0 aliphatic rings. The number of anilines is 2. The largest absolute Gasteiger partial charge is 0.496 e. The summed E-state index contributed by atoms with van der Waals surface area (Å²) in [6.07, 6.45) is 1.30. The number of amides is 1. The van der Waals surface area contributed by atoms with Crippen LogP contribution in [0.3, 0.4) is 0 Å². The van der Waals surface area contributed by atoms with Crippen molar-refractivity contribution in [2.75, 3.05) is 31.4 Å². The first kappa shape index (κ1) is 22.3. The number of ether oxygens (including phenoxy) is 2. The van der Waals surface area contributed by atoms with Gasteiger partial charge in [0.25, 0.3) is 0 Å². The summed E-state index contributed by atoms with van der Waals surface area (Å²) in [7, 11) is 2.83. The zero-order valence-corrected chi connectivity index (χ0v) is 19.0. The van der Waals surface area contributed by atoms with Gasteiger partial charge in [0.1, 0.15) is 16.8 Å². The molecule has 0 atom stereocenters. The van der Waals surface area contributed by atoms with Gasteiger partial charge in [-0.2, -0.15) is 15.3 Å². The summed E-state index contributed by atoms with van der Waals surface area (Å²) in [5, 5.41) is 19.5. The molecule has 0 bridgehead atoms. The third kappa shape index (κ3) is 5.03. The number of carbonyl (C=O) groups excluding carboxylic acids is 1. The van der Waals surface area contributed by atoms with Gasteiger partial charge in [0.15, 0.2) is 10.4 Å². The Balaban J connectivity index is 2.08. The van der Waals surface area contributed by atoms with Gasteiger partial charge in [-0.3, -0.25) is 10.00 Å². The molecule has 2 N–H and O–H groups in total. The van der Waals surface area contributed by atoms with Gasteiger partial charge in [0, 0.05) is 12.1 Å². The molecule has 0 saturated carbocycles. The molecule has 31 heavy (non-hydrogen) atoms. The van der Waals surface area contributed by atoms with E-state index in [4.69, 9.17) is 10.00 Å². The van der Waals surface area contributed by atoms with E-state index in [9.17, 15) is 4.79 Å². The first-order valence-corrected chi connectivity index (χ1v) is 10.4. The van der Waals surface area contributed by atoms with Crippen molar-refractivity contribution in [2.45, 2.75) is 26.3 Å². The number of unbranched alkanes of at least 4 members (excludes halogenated alkanes) is 1. The van der Waals surface area contributed by atoms with E-state index in [1.807, 2.05) is 6.07 Å². The van der Waals surface area contributed by atoms with Crippen LogP contribution < -0.4 is 15.4 Å². The molecule has 0 unspecified atom stereocenters. The standard InChI is InChI=1S/C20H22BrN7O3/c1-4-5-8-23-18-16-15(24-19(25-18)26-20(29)31-3)17(21)27-28(16)11-13-7-6-12(10-22)9-14(13)30-2/h6-7,9H,4-5,8,11H2,1-3H3,(H2,23,24,25,26,29). The lowest BCUT2D eigenvalue weighted by atomic mass is 10.1. The summed E-state index contributed by atoms with van der Waals surface area (Å²) in [6, 6.07) is 7.35. The lowest BCUT2D eigenvalue weighted by Crippen LogP contribution is -2.15. The summed E-state index contributed by atoms with van der Waals surface area (Å²) >= 11 is 3.45. The second-order valence-corrected chi connectivity index (χ2v) is 7.33. The van der Waals surface area contributed by atoms with Crippen LogP contribution in [-0.4, -0.2) is 46.6 Å². The molecule has 3 aromatic rings. The number of methoxy groups -OCH3 is 2. The van der Waals surface area contributed by atoms with Crippen molar-refractivity contribution in [1.82, 2.24) is 19.7 Å². The van der Waals surface area contributed by atoms with E-state index < -0.39 is 6.09 Å². The molecule has 2 aromatic heterocycles. The van der Waals surface area contributed by atoms with Gasteiger partial charge in [0.2, 0.25) is 5.95 Å². The predicted octanol–water partition coefficient (Wildman–Crippen LogP) is 3.91. The summed E-state index contributed by atoms with van der Waals surface area (Å²) in [5.41, 5.74) is 2.56. The Bertz CT molecular complexity index is 1140. The highest BCUT2D eigenvalue weighted by molar-refractivity contribution is 9.10. The smallest absolute Gasteiger partial charge is 0.413 e. The van der Waals surface area contributed by atoms with Crippen molar-refractivity contribution in [3.8, 4) is 11.8 Å². The molecule has 0 aliphatic carbocycles. The number of nitriles is 1. The third-order valence-corrected chi connectivity index (χ3v) is 5.04. The van der Waals surface area contributed by atoms with E-state index in [-0.39, 0.29) is 5.95 Å². The minimum absolute atomic E-state index is 0.106. The molecule has 11 heteroatoms. The lowest BCUT2D eigenvalue weighted by Gasteiger charge is -2.13. The zero-order valence-electron chi connectivity index (χ0n) is 17.4. The molecule has 0 aliphatic heterocycles. The van der Waals surface area contributed by atoms with Gasteiger partial charge in [0.05, 0.1) is 32.4 Å². The number of hydrogen-bond donors (Lipinski definition) is 2. The maximum absolute atomic E-state index is 11.6. The van der Waals surface area contributed by atoms with Crippen LogP contribution in [0.15, 0.2) is 22.8 Å². The normalized spacial score (nSPS) is 10.5. The van der Waals surface area contributed by atoms with Gasteiger partial charge in [-0.05, 0) is 34.5 Å². The summed E-state index contributed by atoms with van der Waals surface area (Å²) in [6.45, 7) is 3.16. The number of nitrogens with zero attached hydrogens (tertiary/aromatic N) is 5. The van der Waals surface area contributed by atoms with Gasteiger partial charge in [-0.1, -0.05) is 19.4 Å². The molecule has 0 fully saturated rings. The molecular formula is C20H22BrN7O3. The number of carbonyl (C=O) groups is 1. The van der Waals surface area contributed by atoms with Crippen LogP contribution in [0.25, 0.3) is 11.0 Å². The third-order valence-electron chi connectivity index (χ3n) is 4.50. The fourth-order valence-corrected chi connectivity index (χ4v) is 3.44. The minimum Gasteiger partial charge on any atom is -0.496 e. The number of nitrogens with one attached hydrogen (secondary N) is 2. The number of hydrogen-bond acceptors (Lipinski definition) is 8. The number of benzene rings is 1. The maximum atomic E-state index is 11.6. The monoisotopic (exact) mass is 487 g/mol. The molecule has 2 heterocycles. The molecule has 1 amide bonds. The molecular weight excluding hydrogens is 466 g/mol. The van der Waals surface area contributed by atoms with Gasteiger partial charge in [-0.25, -0.2) is 9.78 Å². The Morgan fingerprint density at radius 2 is 2.13 bits per heavy atom. The molecule has 1 aromatic carbocycles. The molecule has 0 spiro atoms. The van der Waals surface area contributed by atoms with Crippen LogP contribution in [0.5, 0.6) is 5.75 Å². The van der Waals surface area contributed by atoms with Crippen molar-refractivity contribution in [1.29, 1.82) is 5.26 Å². The second kappa shape index (κ2) is 10.1. The van der Waals surface area contributed by atoms with Crippen LogP contribution in [0.2, 0.25) is 0 Å². The highest BCUT2D eigenvalue weighted by atomic mass is 79.9. The molecule has 0 radical (unpaired) electrons. The number of rotatable bonds is 8. The maximum Gasteiger partial charge on any atom is 0.413 e. The van der Waals surface area contributed by atoms with Crippen molar-refractivity contribution in [2.24, 2.45) is 0 Å². The van der Waals surface area contributed by atoms with Crippen molar-refractivity contribution >= 4 is 44.8 Å². The lowest BCUT2D eigenvalue weighted by molar-refractivity contribution is 0.186. The van der Waals surface area contributed by atoms with E-state index in [1.165, 1.54) is 7.11 Å². The average Bonchev–Trinajstić information content (AvgIpc) is 3.09. The summed E-state index contributed by atoms with van der Waals surface area (Å²) in [5.74, 6) is 1.23. The van der Waals surface area contributed by atoms with E-state index in [1.54, 1.807) is 23.9 Å². The molecule has 162 valence electrons. The second-order valence-electron chi connectivity index (χ2n) is 6.58. The van der Waals surface area contributed by atoms with Gasteiger partial charge >= 0.3 is 6.09 Å². The van der Waals surface area contributed by atoms with Crippen molar-refractivity contribution in [3.63, 3.8) is 0 Å². The van der Waals surface area contributed by atoms with Crippen LogP contribution >= 0.6 is 15.9 Å². The molecule has 0 saturated heterocycles. The highest BCUT2D eigenvalue weighted by Gasteiger charge is 2.19. The Labute approximate surface area is 187 Å². The topological polar surface area (TPSA) is 127 Å². The quantitative estimate of drug-likeness (QED) is 0.457. The van der Waals surface area contributed by atoms with Crippen LogP contribution in [0.1, 0.15) is 30.9 Å². The van der Waals surface area contributed by atoms with E-state index >= 15 is 0 Å². The number of aromatic nitrogens is 4. The number of halogens is 1. The predicted molar refractivity (Wildman–Crippen MR) is 119 cm³/mol. The fourth-order valence-electron chi connectivity index (χ4n) is 2.97. The highest BCUT2D eigenvalue weighted by Crippen LogP contribution is 2.30. The zero-order chi connectivity index (χ0) is 22.4. The molecule has 3 rings (SSSR count).